The maximum atomic E-state index is 5.72. The highest BCUT2D eigenvalue weighted by atomic mass is 28.4. The molecule has 7 heteroatoms. The summed E-state index contributed by atoms with van der Waals surface area (Å²) in [6.07, 6.45) is 0. The number of hydrogen-bond acceptors (Lipinski definition) is 4. The number of rotatable bonds is 0. The fourth-order valence-corrected chi connectivity index (χ4v) is 5.80. The van der Waals surface area contributed by atoms with Crippen LogP contribution in [0.25, 0.3) is 0 Å². The van der Waals surface area contributed by atoms with Gasteiger partial charge in [-0.2, -0.15) is 0 Å². The lowest BCUT2D eigenvalue weighted by Crippen LogP contribution is -2.38. The molecule has 0 saturated carbocycles. The molecule has 4 nitrogen and oxygen atoms in total. The zero-order valence-corrected chi connectivity index (χ0v) is 10.4. The molecule has 1 heterocycles. The Balaban J connectivity index is 2.57. The Morgan fingerprint density at radius 1 is 1.50 bits per heavy atom. The largest absolute Gasteiger partial charge is 0.585 e. The first-order valence-corrected chi connectivity index (χ1v) is 9.24. The molecule has 0 aromatic rings. The molecule has 0 spiro atoms. The van der Waals surface area contributed by atoms with Gasteiger partial charge in [0, 0.05) is 0 Å². The second kappa shape index (κ2) is 4.33. The fraction of sp³-hybridized carbons (Fsp3) is 0.800. The smallest absolute Gasteiger partial charge is 0.522 e. The highest BCUT2D eigenvalue weighted by molar-refractivity contribution is 6.75. The van der Waals surface area contributed by atoms with Crippen molar-refractivity contribution in [3.63, 3.8) is 0 Å². The van der Waals surface area contributed by atoms with Gasteiger partial charge in [0.25, 0.3) is 0 Å². The average molecular weight is 220 g/mol. The standard InChI is InChI=1S/C5H12O4Si3/c1-11-5-7-10-6-4-8-12(2,3)9-11/h5H,4H2,1-3H3/b11-5-. The molecule has 2 radical (unpaired) electrons. The summed E-state index contributed by atoms with van der Waals surface area (Å²) in [6, 6.07) is 0. The molecule has 0 unspecified atom stereocenters. The molecule has 0 bridgehead atoms. The molecule has 1 aliphatic heterocycles. The zero-order chi connectivity index (χ0) is 9.03. The van der Waals surface area contributed by atoms with Crippen molar-refractivity contribution in [2.45, 2.75) is 19.6 Å². The van der Waals surface area contributed by atoms with Crippen LogP contribution in [0.1, 0.15) is 0 Å². The lowest BCUT2D eigenvalue weighted by molar-refractivity contribution is 0.0879. The predicted molar refractivity (Wildman–Crippen MR) is 50.1 cm³/mol. The van der Waals surface area contributed by atoms with Gasteiger partial charge in [0.15, 0.2) is 0 Å². The molecule has 0 aliphatic carbocycles. The lowest BCUT2D eigenvalue weighted by Gasteiger charge is -2.23. The van der Waals surface area contributed by atoms with Crippen molar-refractivity contribution in [2.24, 2.45) is 0 Å². The molecule has 0 atom stereocenters. The first-order chi connectivity index (χ1) is 5.60. The first-order valence-electron chi connectivity index (χ1n) is 3.62. The second-order valence-electron chi connectivity index (χ2n) is 2.84. The van der Waals surface area contributed by atoms with Gasteiger partial charge >= 0.3 is 18.6 Å². The van der Waals surface area contributed by atoms with E-state index < -0.39 is 17.2 Å². The lowest BCUT2D eigenvalue weighted by atomic mass is 11.6. The van der Waals surface area contributed by atoms with Crippen molar-refractivity contribution in [1.82, 2.24) is 0 Å². The normalized spacial score (nSPS) is 28.1. The van der Waals surface area contributed by atoms with Crippen LogP contribution < -0.4 is 0 Å². The van der Waals surface area contributed by atoms with Crippen molar-refractivity contribution >= 4 is 33.1 Å². The Bertz CT molecular complexity index is 182. The van der Waals surface area contributed by atoms with Gasteiger partial charge in [-0.05, 0) is 19.6 Å². The second-order valence-corrected chi connectivity index (χ2v) is 8.89. The zero-order valence-electron chi connectivity index (χ0n) is 7.42. The monoisotopic (exact) mass is 220 g/mol. The molecule has 12 heavy (non-hydrogen) atoms. The van der Waals surface area contributed by atoms with Gasteiger partial charge < -0.3 is 17.4 Å². The Hall–Kier alpha value is 0.0406. The van der Waals surface area contributed by atoms with Gasteiger partial charge in [-0.3, -0.25) is 0 Å². The van der Waals surface area contributed by atoms with Crippen molar-refractivity contribution in [3.05, 3.63) is 0 Å². The summed E-state index contributed by atoms with van der Waals surface area (Å²) in [4.78, 5) is 0. The molecule has 1 rings (SSSR count). The van der Waals surface area contributed by atoms with E-state index in [1.165, 1.54) is 0 Å². The summed E-state index contributed by atoms with van der Waals surface area (Å²) in [5, 5.41) is 0. The van der Waals surface area contributed by atoms with Gasteiger partial charge in [-0.25, -0.2) is 0 Å². The summed E-state index contributed by atoms with van der Waals surface area (Å²) in [6.45, 7) is 6.32. The Morgan fingerprint density at radius 3 is 3.00 bits per heavy atom. The topological polar surface area (TPSA) is 36.9 Å². The summed E-state index contributed by atoms with van der Waals surface area (Å²) in [7, 11) is -2.88. The van der Waals surface area contributed by atoms with Crippen molar-refractivity contribution in [3.8, 4) is 0 Å². The SMILES string of the molecule is C/[Si]1=C/O[Si]OCO[Si](C)(C)O1. The van der Waals surface area contributed by atoms with Crippen LogP contribution in [0.2, 0.25) is 19.6 Å². The third-order valence-electron chi connectivity index (χ3n) is 1.20. The van der Waals surface area contributed by atoms with E-state index in [0.717, 1.165) is 0 Å². The minimum Gasteiger partial charge on any atom is -0.585 e. The van der Waals surface area contributed by atoms with E-state index in [-0.39, 0.29) is 16.8 Å². The van der Waals surface area contributed by atoms with Crippen LogP contribution in [-0.4, -0.2) is 39.9 Å². The average Bonchev–Trinajstić information content (AvgIpc) is 1.99. The molecule has 0 aromatic carbocycles. The van der Waals surface area contributed by atoms with Crippen molar-refractivity contribution < 1.29 is 17.4 Å². The quantitative estimate of drug-likeness (QED) is 0.547. The van der Waals surface area contributed by atoms with E-state index in [4.69, 9.17) is 17.4 Å². The Morgan fingerprint density at radius 2 is 2.25 bits per heavy atom. The Kier molecular flexibility index (Phi) is 3.65. The van der Waals surface area contributed by atoms with Crippen molar-refractivity contribution in [1.29, 1.82) is 0 Å². The highest BCUT2D eigenvalue weighted by Crippen LogP contribution is 2.06. The fourth-order valence-electron chi connectivity index (χ4n) is 0.778. The van der Waals surface area contributed by atoms with Crippen LogP contribution in [0, 0.1) is 0 Å². The molecular formula is C5H12O4Si3. The van der Waals surface area contributed by atoms with E-state index in [1.807, 2.05) is 19.6 Å². The minimum absolute atomic E-state index is 0.0350. The van der Waals surface area contributed by atoms with Gasteiger partial charge in [0.2, 0.25) is 8.65 Å². The van der Waals surface area contributed by atoms with Crippen molar-refractivity contribution in [2.75, 3.05) is 6.79 Å². The first kappa shape index (κ1) is 10.1. The molecule has 1 aliphatic rings. The molecule has 0 saturated heterocycles. The molecule has 0 N–H and O–H groups in total. The van der Waals surface area contributed by atoms with Crippen LogP contribution in [-0.2, 0) is 17.4 Å². The summed E-state index contributed by atoms with van der Waals surface area (Å²) in [5.74, 6) is 1.74. The molecular weight excluding hydrogens is 208 g/mol. The van der Waals surface area contributed by atoms with E-state index in [2.05, 4.69) is 0 Å². The van der Waals surface area contributed by atoms with Gasteiger partial charge in [0.05, 0.1) is 5.86 Å². The van der Waals surface area contributed by atoms with Crippen LogP contribution in [0.5, 0.6) is 0 Å². The van der Waals surface area contributed by atoms with Gasteiger partial charge in [-0.15, -0.1) is 0 Å². The number of hydrogen-bond donors (Lipinski definition) is 0. The third-order valence-corrected chi connectivity index (χ3v) is 6.41. The maximum Gasteiger partial charge on any atom is 0.522 e. The van der Waals surface area contributed by atoms with E-state index in [1.54, 1.807) is 5.86 Å². The Labute approximate surface area is 77.4 Å². The van der Waals surface area contributed by atoms with Gasteiger partial charge in [0.1, 0.15) is 6.79 Å². The minimum atomic E-state index is -1.95. The third kappa shape index (κ3) is 3.63. The van der Waals surface area contributed by atoms with Crippen LogP contribution in [0.4, 0.5) is 0 Å². The highest BCUT2D eigenvalue weighted by Gasteiger charge is 2.27. The van der Waals surface area contributed by atoms with Crippen LogP contribution >= 0.6 is 0 Å². The van der Waals surface area contributed by atoms with E-state index in [0.29, 0.717) is 0 Å². The van der Waals surface area contributed by atoms with Gasteiger partial charge in [-0.1, -0.05) is 0 Å². The summed E-state index contributed by atoms with van der Waals surface area (Å²) >= 11 is 0. The van der Waals surface area contributed by atoms with E-state index >= 15 is 0 Å². The van der Waals surface area contributed by atoms with Crippen LogP contribution in [0.3, 0.4) is 0 Å². The molecule has 68 valence electrons. The van der Waals surface area contributed by atoms with E-state index in [9.17, 15) is 0 Å². The maximum absolute atomic E-state index is 5.72. The van der Waals surface area contributed by atoms with Crippen LogP contribution in [0.15, 0.2) is 0 Å². The molecule has 0 aromatic heterocycles. The molecule has 0 fully saturated rings. The summed E-state index contributed by atoms with van der Waals surface area (Å²) in [5.41, 5.74) is 0. The molecule has 0 amide bonds. The summed E-state index contributed by atoms with van der Waals surface area (Å²) < 4.78 is 21.3. The predicted octanol–water partition coefficient (Wildman–Crippen LogP) is 0.223.